The first-order valence-corrected chi connectivity index (χ1v) is 8.83. The minimum absolute atomic E-state index is 0.0782. The Morgan fingerprint density at radius 3 is 3.00 bits per heavy atom. The lowest BCUT2D eigenvalue weighted by Crippen LogP contribution is -2.08. The molecular formula is C20H21N3O3. The van der Waals surface area contributed by atoms with Crippen LogP contribution in [0.15, 0.2) is 54.9 Å². The first-order valence-electron chi connectivity index (χ1n) is 8.83. The number of rotatable bonds is 8. The quantitative estimate of drug-likeness (QED) is 0.607. The van der Waals surface area contributed by atoms with Gasteiger partial charge >= 0.3 is 5.97 Å². The Morgan fingerprint density at radius 2 is 2.23 bits per heavy atom. The van der Waals surface area contributed by atoms with E-state index in [0.29, 0.717) is 13.0 Å². The number of benzene rings is 1. The van der Waals surface area contributed by atoms with Gasteiger partial charge in [0.25, 0.3) is 0 Å². The lowest BCUT2D eigenvalue weighted by Gasteiger charge is -2.09. The Labute approximate surface area is 151 Å². The molecule has 2 atom stereocenters. The van der Waals surface area contributed by atoms with Gasteiger partial charge in [-0.05, 0) is 49.2 Å². The second-order valence-corrected chi connectivity index (χ2v) is 6.54. The number of aliphatic carboxylic acids is 1. The molecule has 1 aromatic carbocycles. The van der Waals surface area contributed by atoms with E-state index in [-0.39, 0.29) is 12.0 Å². The third-order valence-electron chi connectivity index (χ3n) is 4.68. The summed E-state index contributed by atoms with van der Waals surface area (Å²) in [6, 6.07) is 13.8. The van der Waals surface area contributed by atoms with Crippen molar-refractivity contribution in [1.82, 2.24) is 9.55 Å². The molecule has 0 spiro atoms. The predicted molar refractivity (Wildman–Crippen MR) is 99.6 cm³/mol. The molecule has 0 unspecified atom stereocenters. The van der Waals surface area contributed by atoms with Gasteiger partial charge in [-0.2, -0.15) is 0 Å². The Kier molecular flexibility index (Phi) is 4.48. The molecule has 2 N–H and O–H groups in total. The molecule has 1 saturated carbocycles. The summed E-state index contributed by atoms with van der Waals surface area (Å²) in [4.78, 5) is 15.3. The lowest BCUT2D eigenvalue weighted by molar-refractivity contribution is -0.138. The molecular weight excluding hydrogens is 330 g/mol. The molecule has 0 amide bonds. The number of carboxylic acids is 1. The molecule has 6 nitrogen and oxygen atoms in total. The second kappa shape index (κ2) is 7.07. The van der Waals surface area contributed by atoms with E-state index in [4.69, 9.17) is 9.84 Å². The van der Waals surface area contributed by atoms with Crippen molar-refractivity contribution < 1.29 is 14.6 Å². The lowest BCUT2D eigenvalue weighted by atomic mass is 10.2. The summed E-state index contributed by atoms with van der Waals surface area (Å²) >= 11 is 0. The van der Waals surface area contributed by atoms with Crippen LogP contribution < -0.4 is 10.1 Å². The SMILES string of the molecule is O=C(O)[C@@H]1C[C@H]1n1ccc2cc(OCCCNc3ccccn3)ccc21. The summed E-state index contributed by atoms with van der Waals surface area (Å²) in [5.41, 5.74) is 1.06. The van der Waals surface area contributed by atoms with E-state index in [0.717, 1.165) is 35.4 Å². The Balaban J connectivity index is 1.30. The minimum atomic E-state index is -0.712. The molecule has 0 saturated heterocycles. The van der Waals surface area contributed by atoms with Crippen LogP contribution in [0.1, 0.15) is 18.9 Å². The number of anilines is 1. The molecule has 3 aromatic rings. The average molecular weight is 351 g/mol. The van der Waals surface area contributed by atoms with E-state index < -0.39 is 5.97 Å². The van der Waals surface area contributed by atoms with Crippen LogP contribution in [0.4, 0.5) is 5.82 Å². The van der Waals surface area contributed by atoms with Gasteiger partial charge in [0.2, 0.25) is 0 Å². The normalized spacial score (nSPS) is 18.6. The van der Waals surface area contributed by atoms with E-state index in [1.54, 1.807) is 6.20 Å². The van der Waals surface area contributed by atoms with Gasteiger partial charge in [-0.25, -0.2) is 4.98 Å². The predicted octanol–water partition coefficient (Wildman–Crippen LogP) is 3.56. The van der Waals surface area contributed by atoms with E-state index in [9.17, 15) is 4.79 Å². The number of carboxylic acid groups (broad SMARTS) is 1. The van der Waals surface area contributed by atoms with Crippen LogP contribution in [0.3, 0.4) is 0 Å². The van der Waals surface area contributed by atoms with E-state index in [1.165, 1.54) is 0 Å². The molecule has 1 fully saturated rings. The number of hydrogen-bond acceptors (Lipinski definition) is 4. The Bertz CT molecular complexity index is 907. The highest BCUT2D eigenvalue weighted by atomic mass is 16.5. The molecule has 2 heterocycles. The molecule has 2 aromatic heterocycles. The number of carbonyl (C=O) groups is 1. The van der Waals surface area contributed by atoms with Gasteiger partial charge < -0.3 is 19.7 Å². The van der Waals surface area contributed by atoms with Crippen molar-refractivity contribution >= 4 is 22.7 Å². The Morgan fingerprint density at radius 1 is 1.31 bits per heavy atom. The first-order chi connectivity index (χ1) is 12.7. The van der Waals surface area contributed by atoms with E-state index in [1.807, 2.05) is 48.7 Å². The average Bonchev–Trinajstić information content (AvgIpc) is 3.35. The largest absolute Gasteiger partial charge is 0.494 e. The van der Waals surface area contributed by atoms with Crippen molar-refractivity contribution in [3.8, 4) is 5.75 Å². The van der Waals surface area contributed by atoms with Crippen LogP contribution in [-0.4, -0.2) is 33.8 Å². The van der Waals surface area contributed by atoms with Gasteiger partial charge in [0.05, 0.1) is 12.5 Å². The van der Waals surface area contributed by atoms with Crippen LogP contribution in [0.2, 0.25) is 0 Å². The molecule has 1 aliphatic carbocycles. The number of hydrogen-bond donors (Lipinski definition) is 2. The fraction of sp³-hybridized carbons (Fsp3) is 0.300. The topological polar surface area (TPSA) is 76.4 Å². The number of nitrogens with one attached hydrogen (secondary N) is 1. The highest BCUT2D eigenvalue weighted by Gasteiger charge is 2.44. The number of pyridine rings is 1. The summed E-state index contributed by atoms with van der Waals surface area (Å²) in [6.45, 7) is 1.42. The standard InChI is InChI=1S/C20H21N3O3/c24-20(25)16-13-18(16)23-10-7-14-12-15(5-6-17(14)23)26-11-3-9-22-19-4-1-2-8-21-19/h1-2,4-8,10,12,16,18H,3,9,11,13H2,(H,21,22)(H,24,25)/t16-,18-/m1/s1. The summed E-state index contributed by atoms with van der Waals surface area (Å²) < 4.78 is 7.90. The smallest absolute Gasteiger partial charge is 0.308 e. The molecule has 4 rings (SSSR count). The maximum absolute atomic E-state index is 11.1. The zero-order valence-corrected chi connectivity index (χ0v) is 14.3. The highest BCUT2D eigenvalue weighted by Crippen LogP contribution is 2.45. The first kappa shape index (κ1) is 16.4. The van der Waals surface area contributed by atoms with Gasteiger partial charge in [0, 0.05) is 35.9 Å². The summed E-state index contributed by atoms with van der Waals surface area (Å²) in [5, 5.41) is 13.4. The van der Waals surface area contributed by atoms with Crippen molar-refractivity contribution in [2.24, 2.45) is 5.92 Å². The molecule has 1 aliphatic rings. The van der Waals surface area contributed by atoms with Gasteiger partial charge in [-0.1, -0.05) is 6.07 Å². The number of aromatic nitrogens is 2. The third kappa shape index (κ3) is 3.49. The maximum atomic E-state index is 11.1. The van der Waals surface area contributed by atoms with Gasteiger partial charge in [-0.3, -0.25) is 4.79 Å². The van der Waals surface area contributed by atoms with Crippen LogP contribution in [0.25, 0.3) is 10.9 Å². The van der Waals surface area contributed by atoms with Crippen LogP contribution in [0, 0.1) is 5.92 Å². The maximum Gasteiger partial charge on any atom is 0.308 e. The minimum Gasteiger partial charge on any atom is -0.494 e. The Hall–Kier alpha value is -3.02. The zero-order chi connectivity index (χ0) is 17.9. The van der Waals surface area contributed by atoms with E-state index >= 15 is 0 Å². The monoisotopic (exact) mass is 351 g/mol. The molecule has 134 valence electrons. The summed E-state index contributed by atoms with van der Waals surface area (Å²) in [6.07, 6.45) is 5.32. The number of ether oxygens (including phenoxy) is 1. The molecule has 6 heteroatoms. The van der Waals surface area contributed by atoms with Crippen LogP contribution >= 0.6 is 0 Å². The van der Waals surface area contributed by atoms with Crippen LogP contribution in [-0.2, 0) is 4.79 Å². The van der Waals surface area contributed by atoms with Crippen molar-refractivity contribution in [2.75, 3.05) is 18.5 Å². The van der Waals surface area contributed by atoms with Gasteiger partial charge in [0.1, 0.15) is 11.6 Å². The zero-order valence-electron chi connectivity index (χ0n) is 14.3. The summed E-state index contributed by atoms with van der Waals surface area (Å²) in [7, 11) is 0. The molecule has 0 radical (unpaired) electrons. The molecule has 0 bridgehead atoms. The summed E-state index contributed by atoms with van der Waals surface area (Å²) in [5.74, 6) is 0.734. The number of fused-ring (bicyclic) bond motifs is 1. The van der Waals surface area contributed by atoms with Crippen molar-refractivity contribution in [1.29, 1.82) is 0 Å². The van der Waals surface area contributed by atoms with Gasteiger partial charge in [-0.15, -0.1) is 0 Å². The fourth-order valence-electron chi connectivity index (χ4n) is 3.22. The van der Waals surface area contributed by atoms with Crippen molar-refractivity contribution in [3.05, 3.63) is 54.9 Å². The number of nitrogens with zero attached hydrogens (tertiary/aromatic N) is 2. The fourth-order valence-corrected chi connectivity index (χ4v) is 3.22. The van der Waals surface area contributed by atoms with Crippen molar-refractivity contribution in [2.45, 2.75) is 18.9 Å². The highest BCUT2D eigenvalue weighted by molar-refractivity contribution is 5.83. The molecule has 26 heavy (non-hydrogen) atoms. The van der Waals surface area contributed by atoms with Crippen LogP contribution in [0.5, 0.6) is 5.75 Å². The molecule has 0 aliphatic heterocycles. The van der Waals surface area contributed by atoms with Gasteiger partial charge in [0.15, 0.2) is 0 Å². The van der Waals surface area contributed by atoms with E-state index in [2.05, 4.69) is 14.9 Å². The second-order valence-electron chi connectivity index (χ2n) is 6.54. The van der Waals surface area contributed by atoms with Crippen molar-refractivity contribution in [3.63, 3.8) is 0 Å². The third-order valence-corrected chi connectivity index (χ3v) is 4.68.